The lowest BCUT2D eigenvalue weighted by molar-refractivity contribution is -0.133. The molecule has 0 bridgehead atoms. The average Bonchev–Trinajstić information content (AvgIpc) is 2.53. The number of hydrogen-bond donors (Lipinski definition) is 1. The minimum absolute atomic E-state index is 0.115. The fraction of sp³-hybridized carbons (Fsp3) is 0.562. The molecule has 1 saturated heterocycles. The molecule has 4 heteroatoms. The lowest BCUT2D eigenvalue weighted by atomic mass is 9.97. The monoisotopic (exact) mass is 276 g/mol. The summed E-state index contributed by atoms with van der Waals surface area (Å²) in [6, 6.07) is 8.32. The summed E-state index contributed by atoms with van der Waals surface area (Å²) in [5.41, 5.74) is 1.02. The molecule has 1 aliphatic heterocycles. The van der Waals surface area contributed by atoms with Crippen LogP contribution in [0.4, 0.5) is 0 Å². The van der Waals surface area contributed by atoms with Gasteiger partial charge in [0.15, 0.2) is 0 Å². The molecule has 1 aliphatic rings. The molecule has 1 heterocycles. The number of carbonyl (C=O) groups is 1. The van der Waals surface area contributed by atoms with Crippen LogP contribution < -0.4 is 10.1 Å². The van der Waals surface area contributed by atoms with Crippen LogP contribution in [0.3, 0.4) is 0 Å². The van der Waals surface area contributed by atoms with E-state index in [0.29, 0.717) is 6.04 Å². The smallest absolute Gasteiger partial charge is 0.229 e. The maximum absolute atomic E-state index is 12.6. The third-order valence-electron chi connectivity index (χ3n) is 4.18. The largest absolute Gasteiger partial charge is 0.497 e. The number of piperidine rings is 1. The summed E-state index contributed by atoms with van der Waals surface area (Å²) in [7, 11) is 3.63. The van der Waals surface area contributed by atoms with Crippen LogP contribution in [0.1, 0.15) is 31.2 Å². The van der Waals surface area contributed by atoms with Crippen LogP contribution in [-0.4, -0.2) is 44.1 Å². The summed E-state index contributed by atoms with van der Waals surface area (Å²) in [6.45, 7) is 3.67. The molecule has 1 N–H and O–H groups in total. The lowest BCUT2D eigenvalue weighted by Gasteiger charge is -2.33. The highest BCUT2D eigenvalue weighted by Crippen LogP contribution is 2.24. The highest BCUT2D eigenvalue weighted by atomic mass is 16.5. The van der Waals surface area contributed by atoms with Crippen molar-refractivity contribution in [3.05, 3.63) is 29.8 Å². The number of amides is 1. The van der Waals surface area contributed by atoms with Crippen LogP contribution in [0.2, 0.25) is 0 Å². The van der Waals surface area contributed by atoms with Crippen molar-refractivity contribution >= 4 is 5.91 Å². The van der Waals surface area contributed by atoms with Crippen molar-refractivity contribution in [1.82, 2.24) is 10.2 Å². The van der Waals surface area contributed by atoms with Crippen LogP contribution in [0, 0.1) is 0 Å². The number of methoxy groups -OCH3 is 1. The maximum atomic E-state index is 12.6. The van der Waals surface area contributed by atoms with Gasteiger partial charge >= 0.3 is 0 Å². The van der Waals surface area contributed by atoms with Crippen LogP contribution in [0.15, 0.2) is 24.3 Å². The number of nitrogens with one attached hydrogen (secondary N) is 1. The molecule has 0 aromatic heterocycles. The van der Waals surface area contributed by atoms with E-state index in [9.17, 15) is 4.79 Å². The Morgan fingerprint density at radius 2 is 2.10 bits per heavy atom. The van der Waals surface area contributed by atoms with Crippen molar-refractivity contribution in [3.63, 3.8) is 0 Å². The van der Waals surface area contributed by atoms with E-state index in [1.807, 2.05) is 43.1 Å². The highest BCUT2D eigenvalue weighted by molar-refractivity contribution is 5.83. The van der Waals surface area contributed by atoms with Crippen LogP contribution in [0.25, 0.3) is 0 Å². The molecule has 1 fully saturated rings. The number of carbonyl (C=O) groups excluding carboxylic acids is 1. The van der Waals surface area contributed by atoms with Crippen LogP contribution in [-0.2, 0) is 4.79 Å². The molecular weight excluding hydrogens is 252 g/mol. The van der Waals surface area contributed by atoms with Gasteiger partial charge in [-0.1, -0.05) is 12.1 Å². The van der Waals surface area contributed by atoms with Gasteiger partial charge in [0.1, 0.15) is 5.75 Å². The quantitative estimate of drug-likeness (QED) is 0.914. The third-order valence-corrected chi connectivity index (χ3v) is 4.18. The van der Waals surface area contributed by atoms with Gasteiger partial charge in [0.25, 0.3) is 0 Å². The molecular formula is C16H24N2O2. The van der Waals surface area contributed by atoms with Gasteiger partial charge in [-0.25, -0.2) is 0 Å². The Hall–Kier alpha value is -1.55. The molecule has 20 heavy (non-hydrogen) atoms. The zero-order valence-electron chi connectivity index (χ0n) is 12.6. The number of ether oxygens (including phenoxy) is 1. The molecule has 1 aromatic rings. The van der Waals surface area contributed by atoms with E-state index in [1.165, 1.54) is 0 Å². The number of nitrogens with zero attached hydrogens (tertiary/aromatic N) is 1. The molecule has 1 unspecified atom stereocenters. The van der Waals surface area contributed by atoms with Gasteiger partial charge in [-0.05, 0) is 44.5 Å². The summed E-state index contributed by atoms with van der Waals surface area (Å²) in [6.07, 6.45) is 2.07. The van der Waals surface area contributed by atoms with Gasteiger partial charge in [-0.2, -0.15) is 0 Å². The molecule has 0 radical (unpaired) electrons. The Labute approximate surface area is 121 Å². The molecule has 0 spiro atoms. The predicted molar refractivity (Wildman–Crippen MR) is 80.1 cm³/mol. The topological polar surface area (TPSA) is 41.6 Å². The molecule has 0 aliphatic carbocycles. The van der Waals surface area contributed by atoms with Gasteiger partial charge in [0.05, 0.1) is 13.0 Å². The highest BCUT2D eigenvalue weighted by Gasteiger charge is 2.26. The predicted octanol–water partition coefficient (Wildman–Crippen LogP) is 2.01. The maximum Gasteiger partial charge on any atom is 0.229 e. The van der Waals surface area contributed by atoms with Crippen molar-refractivity contribution in [2.75, 3.05) is 27.2 Å². The van der Waals surface area contributed by atoms with E-state index in [4.69, 9.17) is 4.74 Å². The molecule has 2 rings (SSSR count). The molecule has 1 amide bonds. The Balaban J connectivity index is 2.01. The second-order valence-corrected chi connectivity index (χ2v) is 5.39. The van der Waals surface area contributed by atoms with E-state index in [-0.39, 0.29) is 11.8 Å². The van der Waals surface area contributed by atoms with Crippen molar-refractivity contribution in [2.45, 2.75) is 31.7 Å². The zero-order chi connectivity index (χ0) is 14.5. The molecule has 110 valence electrons. The Bertz CT molecular complexity index is 454. The van der Waals surface area contributed by atoms with Gasteiger partial charge in [-0.15, -0.1) is 0 Å². The fourth-order valence-corrected chi connectivity index (χ4v) is 2.72. The minimum Gasteiger partial charge on any atom is -0.497 e. The number of rotatable bonds is 4. The Kier molecular flexibility index (Phi) is 5.01. The lowest BCUT2D eigenvalue weighted by Crippen LogP contribution is -2.45. The van der Waals surface area contributed by atoms with E-state index in [1.54, 1.807) is 7.11 Å². The van der Waals surface area contributed by atoms with Crippen molar-refractivity contribution in [2.24, 2.45) is 0 Å². The fourth-order valence-electron chi connectivity index (χ4n) is 2.72. The van der Waals surface area contributed by atoms with Crippen LogP contribution >= 0.6 is 0 Å². The van der Waals surface area contributed by atoms with Crippen molar-refractivity contribution < 1.29 is 9.53 Å². The minimum atomic E-state index is -0.115. The molecule has 0 saturated carbocycles. The van der Waals surface area contributed by atoms with E-state index < -0.39 is 0 Å². The summed E-state index contributed by atoms with van der Waals surface area (Å²) in [5.74, 6) is 0.903. The number of hydrogen-bond acceptors (Lipinski definition) is 3. The molecule has 4 nitrogen and oxygen atoms in total. The molecule has 1 aromatic carbocycles. The Morgan fingerprint density at radius 1 is 1.40 bits per heavy atom. The second kappa shape index (κ2) is 6.75. The van der Waals surface area contributed by atoms with Gasteiger partial charge in [0, 0.05) is 19.1 Å². The summed E-state index contributed by atoms with van der Waals surface area (Å²) in [4.78, 5) is 14.5. The first-order valence-corrected chi connectivity index (χ1v) is 7.25. The standard InChI is InChI=1S/C16H24N2O2/c1-12(13-5-4-6-15(11-13)20-3)16(19)18-9-7-14(17-2)8-10-18/h4-6,11-12,14,17H,7-10H2,1-3H3. The first-order chi connectivity index (χ1) is 9.65. The zero-order valence-corrected chi connectivity index (χ0v) is 12.6. The van der Waals surface area contributed by atoms with Gasteiger partial charge < -0.3 is 15.0 Å². The summed E-state index contributed by atoms with van der Waals surface area (Å²) >= 11 is 0. The SMILES string of the molecule is CNC1CCN(C(=O)C(C)c2cccc(OC)c2)CC1. The third kappa shape index (κ3) is 3.31. The number of likely N-dealkylation sites (tertiary alicyclic amines) is 1. The second-order valence-electron chi connectivity index (χ2n) is 5.39. The van der Waals surface area contributed by atoms with Crippen molar-refractivity contribution in [3.8, 4) is 5.75 Å². The van der Waals surface area contributed by atoms with Crippen molar-refractivity contribution in [1.29, 1.82) is 0 Å². The van der Waals surface area contributed by atoms with Gasteiger partial charge in [-0.3, -0.25) is 4.79 Å². The number of benzene rings is 1. The first-order valence-electron chi connectivity index (χ1n) is 7.25. The van der Waals surface area contributed by atoms with E-state index in [0.717, 1.165) is 37.2 Å². The Morgan fingerprint density at radius 3 is 2.70 bits per heavy atom. The summed E-state index contributed by atoms with van der Waals surface area (Å²) in [5, 5.41) is 3.28. The first kappa shape index (κ1) is 14.9. The van der Waals surface area contributed by atoms with E-state index >= 15 is 0 Å². The van der Waals surface area contributed by atoms with Gasteiger partial charge in [0.2, 0.25) is 5.91 Å². The average molecular weight is 276 g/mol. The molecule has 1 atom stereocenters. The van der Waals surface area contributed by atoms with E-state index in [2.05, 4.69) is 5.32 Å². The summed E-state index contributed by atoms with van der Waals surface area (Å²) < 4.78 is 5.23. The normalized spacial score (nSPS) is 17.9. The van der Waals surface area contributed by atoms with Crippen LogP contribution in [0.5, 0.6) is 5.75 Å².